The third-order valence-corrected chi connectivity index (χ3v) is 4.61. The van der Waals surface area contributed by atoms with Crippen LogP contribution in [0.1, 0.15) is 24.5 Å². The molecule has 1 aromatic carbocycles. The predicted molar refractivity (Wildman–Crippen MR) is 87.9 cm³/mol. The van der Waals surface area contributed by atoms with E-state index in [9.17, 15) is 18.0 Å². The van der Waals surface area contributed by atoms with Gasteiger partial charge in [-0.1, -0.05) is 31.2 Å². The number of carbonyl (C=O) groups is 2. The van der Waals surface area contributed by atoms with Crippen LogP contribution in [0, 0.1) is 12.8 Å². The summed E-state index contributed by atoms with van der Waals surface area (Å²) < 4.78 is 22.6. The Hall–Kier alpha value is -1.89. The number of amides is 1. The van der Waals surface area contributed by atoms with Crippen molar-refractivity contribution < 1.29 is 23.1 Å². The van der Waals surface area contributed by atoms with Crippen LogP contribution < -0.4 is 5.32 Å². The van der Waals surface area contributed by atoms with Gasteiger partial charge in [-0.25, -0.2) is 13.2 Å². The van der Waals surface area contributed by atoms with Gasteiger partial charge in [-0.15, -0.1) is 0 Å². The fourth-order valence-electron chi connectivity index (χ4n) is 2.29. The number of hydrogen-bond donors (Lipinski definition) is 2. The van der Waals surface area contributed by atoms with Crippen molar-refractivity contribution in [1.29, 1.82) is 0 Å². The van der Waals surface area contributed by atoms with Crippen LogP contribution in [-0.4, -0.2) is 43.5 Å². The van der Waals surface area contributed by atoms with E-state index >= 15 is 0 Å². The molecular weight excluding hydrogens is 318 g/mol. The lowest BCUT2D eigenvalue weighted by atomic mass is 9.93. The first-order valence-electron chi connectivity index (χ1n) is 7.39. The second-order valence-corrected chi connectivity index (χ2v) is 7.91. The van der Waals surface area contributed by atoms with Gasteiger partial charge in [0.2, 0.25) is 5.91 Å². The van der Waals surface area contributed by atoms with E-state index in [0.717, 1.165) is 17.4 Å². The molecule has 0 radical (unpaired) electrons. The molecular formula is C16H23NO5S. The molecule has 0 saturated heterocycles. The summed E-state index contributed by atoms with van der Waals surface area (Å²) in [6.07, 6.45) is 1.96. The van der Waals surface area contributed by atoms with Gasteiger partial charge in [0.05, 0.1) is 5.75 Å². The second-order valence-electron chi connectivity index (χ2n) is 5.73. The number of carbonyl (C=O) groups excluding carboxylic acids is 1. The summed E-state index contributed by atoms with van der Waals surface area (Å²) in [6.45, 7) is 3.79. The molecule has 128 valence electrons. The number of aryl methyl sites for hydroxylation is 1. The topological polar surface area (TPSA) is 101 Å². The van der Waals surface area contributed by atoms with Crippen molar-refractivity contribution in [1.82, 2.24) is 5.32 Å². The average Bonchev–Trinajstić information content (AvgIpc) is 2.44. The minimum absolute atomic E-state index is 0.405. The zero-order valence-corrected chi connectivity index (χ0v) is 14.4. The van der Waals surface area contributed by atoms with Crippen molar-refractivity contribution in [2.75, 3.05) is 12.0 Å². The molecule has 1 unspecified atom stereocenters. The molecule has 7 heteroatoms. The maximum Gasteiger partial charge on any atom is 0.327 e. The Morgan fingerprint density at radius 3 is 2.35 bits per heavy atom. The van der Waals surface area contributed by atoms with Crippen molar-refractivity contribution >= 4 is 21.7 Å². The molecule has 0 saturated carbocycles. The SMILES string of the molecule is CCC(Cc1ccccc1C)C(=O)N[C@@H](CS(C)(=O)=O)C(=O)O. The number of aliphatic carboxylic acids is 1. The van der Waals surface area contributed by atoms with Crippen LogP contribution in [0.5, 0.6) is 0 Å². The van der Waals surface area contributed by atoms with Crippen LogP contribution in [0.25, 0.3) is 0 Å². The highest BCUT2D eigenvalue weighted by Crippen LogP contribution is 2.16. The normalized spacial score (nSPS) is 14.0. The molecule has 23 heavy (non-hydrogen) atoms. The summed E-state index contributed by atoms with van der Waals surface area (Å²) in [7, 11) is -3.51. The van der Waals surface area contributed by atoms with Crippen molar-refractivity contribution in [3.05, 3.63) is 35.4 Å². The van der Waals surface area contributed by atoms with Crippen LogP contribution in [0.15, 0.2) is 24.3 Å². The molecule has 1 rings (SSSR count). The Labute approximate surface area is 136 Å². The summed E-state index contributed by atoms with van der Waals surface area (Å²) in [5, 5.41) is 11.4. The molecule has 0 fully saturated rings. The molecule has 6 nitrogen and oxygen atoms in total. The van der Waals surface area contributed by atoms with Crippen molar-refractivity contribution in [3.8, 4) is 0 Å². The van der Waals surface area contributed by atoms with Crippen LogP contribution >= 0.6 is 0 Å². The first-order chi connectivity index (χ1) is 10.6. The van der Waals surface area contributed by atoms with Gasteiger partial charge < -0.3 is 10.4 Å². The lowest BCUT2D eigenvalue weighted by Crippen LogP contribution is -2.47. The maximum atomic E-state index is 12.3. The van der Waals surface area contributed by atoms with Crippen LogP contribution in [0.2, 0.25) is 0 Å². The molecule has 2 N–H and O–H groups in total. The highest BCUT2D eigenvalue weighted by molar-refractivity contribution is 7.90. The Kier molecular flexibility index (Phi) is 6.75. The number of nitrogens with one attached hydrogen (secondary N) is 1. The molecule has 0 spiro atoms. The Morgan fingerprint density at radius 2 is 1.87 bits per heavy atom. The highest BCUT2D eigenvalue weighted by Gasteiger charge is 2.27. The van der Waals surface area contributed by atoms with E-state index in [4.69, 9.17) is 5.11 Å². The summed E-state index contributed by atoms with van der Waals surface area (Å²) in [6, 6.07) is 6.24. The third kappa shape index (κ3) is 6.40. The number of rotatable bonds is 8. The van der Waals surface area contributed by atoms with Gasteiger partial charge >= 0.3 is 5.97 Å². The third-order valence-electron chi connectivity index (χ3n) is 3.68. The number of carboxylic acids is 1. The summed E-state index contributed by atoms with van der Waals surface area (Å²) in [4.78, 5) is 23.5. The molecule has 0 aliphatic rings. The average molecular weight is 341 g/mol. The fourth-order valence-corrected chi connectivity index (χ4v) is 3.13. The summed E-state index contributed by atoms with van der Waals surface area (Å²) in [5.74, 6) is -2.81. The van der Waals surface area contributed by atoms with E-state index in [1.54, 1.807) is 0 Å². The lowest BCUT2D eigenvalue weighted by molar-refractivity contribution is -0.141. The Balaban J connectivity index is 2.83. The zero-order chi connectivity index (χ0) is 17.6. The molecule has 1 amide bonds. The number of benzene rings is 1. The first kappa shape index (κ1) is 19.2. The van der Waals surface area contributed by atoms with Crippen molar-refractivity contribution in [2.24, 2.45) is 5.92 Å². The number of hydrogen-bond acceptors (Lipinski definition) is 4. The zero-order valence-electron chi connectivity index (χ0n) is 13.6. The van der Waals surface area contributed by atoms with E-state index in [-0.39, 0.29) is 0 Å². The number of carboxylic acid groups (broad SMARTS) is 1. The van der Waals surface area contributed by atoms with Gasteiger partial charge in [0, 0.05) is 12.2 Å². The van der Waals surface area contributed by atoms with E-state index in [1.807, 2.05) is 38.1 Å². The van der Waals surface area contributed by atoms with Crippen LogP contribution in [0.4, 0.5) is 0 Å². The first-order valence-corrected chi connectivity index (χ1v) is 9.45. The van der Waals surface area contributed by atoms with Gasteiger partial charge in [-0.3, -0.25) is 4.79 Å². The number of sulfone groups is 1. The smallest absolute Gasteiger partial charge is 0.327 e. The standard InChI is InChI=1S/C16H23NO5S/c1-4-12(9-13-8-6-5-7-11(13)2)15(18)17-14(16(19)20)10-23(3,21)22/h5-8,12,14H,4,9-10H2,1-3H3,(H,17,18)(H,19,20)/t12?,14-/m0/s1. The van der Waals surface area contributed by atoms with Crippen molar-refractivity contribution in [3.63, 3.8) is 0 Å². The quantitative estimate of drug-likeness (QED) is 0.739. The van der Waals surface area contributed by atoms with Gasteiger partial charge in [0.1, 0.15) is 15.9 Å². The second kappa shape index (κ2) is 8.10. The van der Waals surface area contributed by atoms with Crippen LogP contribution in [-0.2, 0) is 25.8 Å². The van der Waals surface area contributed by atoms with E-state index in [2.05, 4.69) is 5.32 Å². The molecule has 0 aliphatic heterocycles. The van der Waals surface area contributed by atoms with E-state index < -0.39 is 39.4 Å². The molecule has 0 aliphatic carbocycles. The molecule has 1 aromatic rings. The summed E-state index contributed by atoms with van der Waals surface area (Å²) in [5.41, 5.74) is 2.08. The minimum atomic E-state index is -3.51. The van der Waals surface area contributed by atoms with E-state index in [1.165, 1.54) is 0 Å². The van der Waals surface area contributed by atoms with Gasteiger partial charge in [0.25, 0.3) is 0 Å². The maximum absolute atomic E-state index is 12.3. The van der Waals surface area contributed by atoms with E-state index in [0.29, 0.717) is 12.8 Å². The molecule has 0 aromatic heterocycles. The monoisotopic (exact) mass is 341 g/mol. The Morgan fingerprint density at radius 1 is 1.26 bits per heavy atom. The largest absolute Gasteiger partial charge is 0.480 e. The summed E-state index contributed by atoms with van der Waals surface area (Å²) >= 11 is 0. The molecule has 0 bridgehead atoms. The Bertz CT molecular complexity index is 669. The van der Waals surface area contributed by atoms with Gasteiger partial charge in [-0.05, 0) is 30.9 Å². The van der Waals surface area contributed by atoms with Crippen LogP contribution in [0.3, 0.4) is 0 Å². The fraction of sp³-hybridized carbons (Fsp3) is 0.500. The van der Waals surface area contributed by atoms with Crippen molar-refractivity contribution in [2.45, 2.75) is 32.7 Å². The predicted octanol–water partition coefficient (Wildman–Crippen LogP) is 1.18. The molecule has 2 atom stereocenters. The molecule has 0 heterocycles. The minimum Gasteiger partial charge on any atom is -0.480 e. The highest BCUT2D eigenvalue weighted by atomic mass is 32.2. The van der Waals surface area contributed by atoms with Gasteiger partial charge in [-0.2, -0.15) is 0 Å². The lowest BCUT2D eigenvalue weighted by Gasteiger charge is -2.19. The van der Waals surface area contributed by atoms with Gasteiger partial charge in [0.15, 0.2) is 0 Å².